The maximum Gasteiger partial charge on any atom is 0.326 e. The Hall–Kier alpha value is -2.85. The Morgan fingerprint density at radius 3 is 2.42 bits per heavy atom. The molecule has 3 aromatic rings. The molecule has 0 spiro atoms. The standard InChI is InChI=1S/C26H26Br2N4O4/c1-36-22-5-3-2-4-16(22)21-13-32(26(35)30-21)15-6-8-31(9-7-15)25(34)18-12-17(18)24(33)14-10-19(27)23(29)20(28)11-14/h2-5,10-11,13,15,17-18H,6-9,12,29H2,1H3,(H,30,35)/t17-,18-/m1/s1. The average Bonchev–Trinajstić information content (AvgIpc) is 3.60. The van der Waals surface area contributed by atoms with Crippen LogP contribution in [-0.4, -0.2) is 46.3 Å². The predicted octanol–water partition coefficient (Wildman–Crippen LogP) is 4.64. The zero-order chi connectivity index (χ0) is 25.6. The van der Waals surface area contributed by atoms with E-state index in [-0.39, 0.29) is 35.3 Å². The van der Waals surface area contributed by atoms with E-state index in [1.807, 2.05) is 35.4 Å². The number of nitrogen functional groups attached to an aromatic ring is 1. The quantitative estimate of drug-likeness (QED) is 0.309. The van der Waals surface area contributed by atoms with Crippen LogP contribution < -0.4 is 16.2 Å². The summed E-state index contributed by atoms with van der Waals surface area (Å²) in [5.74, 6) is 0.104. The number of likely N-dealkylation sites (tertiary alicyclic amines) is 1. The van der Waals surface area contributed by atoms with Crippen molar-refractivity contribution in [3.8, 4) is 17.0 Å². The minimum atomic E-state index is -0.298. The maximum atomic E-state index is 13.1. The minimum Gasteiger partial charge on any atom is -0.496 e. The van der Waals surface area contributed by atoms with E-state index in [0.717, 1.165) is 5.56 Å². The van der Waals surface area contributed by atoms with Crippen LogP contribution in [0, 0.1) is 11.8 Å². The lowest BCUT2D eigenvalue weighted by Gasteiger charge is -2.32. The van der Waals surface area contributed by atoms with Gasteiger partial charge in [0, 0.05) is 57.2 Å². The Bertz CT molecular complexity index is 1370. The molecular formula is C26H26Br2N4O4. The van der Waals surface area contributed by atoms with Gasteiger partial charge < -0.3 is 20.4 Å². The number of ketones is 1. The Balaban J connectivity index is 1.21. The van der Waals surface area contributed by atoms with Crippen molar-refractivity contribution in [1.29, 1.82) is 0 Å². The molecule has 3 N–H and O–H groups in total. The fourth-order valence-corrected chi connectivity index (χ4v) is 6.17. The van der Waals surface area contributed by atoms with Gasteiger partial charge in [-0.1, -0.05) is 12.1 Å². The molecule has 1 saturated heterocycles. The van der Waals surface area contributed by atoms with Gasteiger partial charge in [0.1, 0.15) is 5.75 Å². The summed E-state index contributed by atoms with van der Waals surface area (Å²) in [6.07, 6.45) is 3.76. The Kier molecular flexibility index (Phi) is 6.82. The van der Waals surface area contributed by atoms with Crippen molar-refractivity contribution in [2.24, 2.45) is 11.8 Å². The van der Waals surface area contributed by atoms with Crippen LogP contribution in [0.25, 0.3) is 11.3 Å². The molecule has 0 radical (unpaired) electrons. The van der Waals surface area contributed by atoms with Crippen molar-refractivity contribution in [3.63, 3.8) is 0 Å². The number of benzene rings is 2. The summed E-state index contributed by atoms with van der Waals surface area (Å²) in [4.78, 5) is 43.5. The number of methoxy groups -OCH3 is 1. The number of Topliss-reactive ketones (excluding diaryl/α,β-unsaturated/α-hetero) is 1. The molecule has 5 rings (SSSR count). The van der Waals surface area contributed by atoms with E-state index in [4.69, 9.17) is 10.5 Å². The van der Waals surface area contributed by atoms with E-state index in [1.165, 1.54) is 0 Å². The minimum absolute atomic E-state index is 0.00219. The fraction of sp³-hybridized carbons (Fsp3) is 0.346. The number of aromatic nitrogens is 2. The highest BCUT2D eigenvalue weighted by Crippen LogP contribution is 2.44. The fourth-order valence-electron chi connectivity index (χ4n) is 4.98. The molecule has 2 heterocycles. The number of para-hydroxylation sites is 1. The van der Waals surface area contributed by atoms with Crippen LogP contribution in [0.1, 0.15) is 35.7 Å². The molecule has 1 amide bonds. The lowest BCUT2D eigenvalue weighted by molar-refractivity contribution is -0.134. The number of halogens is 2. The summed E-state index contributed by atoms with van der Waals surface area (Å²) >= 11 is 6.76. The third-order valence-corrected chi connectivity index (χ3v) is 8.43. The van der Waals surface area contributed by atoms with Gasteiger partial charge in [-0.2, -0.15) is 0 Å². The van der Waals surface area contributed by atoms with Gasteiger partial charge >= 0.3 is 5.69 Å². The molecular weight excluding hydrogens is 592 g/mol. The molecule has 2 aliphatic rings. The molecule has 2 atom stereocenters. The van der Waals surface area contributed by atoms with Crippen molar-refractivity contribution in [2.45, 2.75) is 25.3 Å². The summed E-state index contributed by atoms with van der Waals surface area (Å²) in [6.45, 7) is 1.11. The highest BCUT2D eigenvalue weighted by Gasteiger charge is 2.50. The van der Waals surface area contributed by atoms with Gasteiger partial charge in [0.05, 0.1) is 18.5 Å². The predicted molar refractivity (Wildman–Crippen MR) is 144 cm³/mol. The van der Waals surface area contributed by atoms with E-state index >= 15 is 0 Å². The number of piperidine rings is 1. The molecule has 2 fully saturated rings. The van der Waals surface area contributed by atoms with E-state index in [0.29, 0.717) is 64.0 Å². The molecule has 10 heteroatoms. The normalized spacial score (nSPS) is 19.8. The van der Waals surface area contributed by atoms with Crippen LogP contribution in [0.2, 0.25) is 0 Å². The molecule has 1 aromatic heterocycles. The van der Waals surface area contributed by atoms with Crippen LogP contribution in [-0.2, 0) is 4.79 Å². The average molecular weight is 618 g/mol. The molecule has 0 bridgehead atoms. The van der Waals surface area contributed by atoms with E-state index in [9.17, 15) is 14.4 Å². The van der Waals surface area contributed by atoms with Crippen molar-refractivity contribution in [1.82, 2.24) is 14.5 Å². The van der Waals surface area contributed by atoms with E-state index < -0.39 is 0 Å². The van der Waals surface area contributed by atoms with Gasteiger partial charge in [-0.3, -0.25) is 14.2 Å². The topological polar surface area (TPSA) is 110 Å². The van der Waals surface area contributed by atoms with Crippen LogP contribution >= 0.6 is 31.9 Å². The molecule has 8 nitrogen and oxygen atoms in total. The number of nitrogens with two attached hydrogens (primary N) is 1. The zero-order valence-corrected chi connectivity index (χ0v) is 22.8. The van der Waals surface area contributed by atoms with Crippen LogP contribution in [0.4, 0.5) is 5.69 Å². The maximum absolute atomic E-state index is 13.1. The number of amides is 1. The highest BCUT2D eigenvalue weighted by molar-refractivity contribution is 9.11. The van der Waals surface area contributed by atoms with Gasteiger partial charge in [0.2, 0.25) is 5.91 Å². The molecule has 36 heavy (non-hydrogen) atoms. The first-order chi connectivity index (χ1) is 17.3. The number of imidazole rings is 1. The summed E-state index contributed by atoms with van der Waals surface area (Å²) in [5, 5.41) is 0. The van der Waals surface area contributed by atoms with Crippen molar-refractivity contribution in [2.75, 3.05) is 25.9 Å². The first kappa shape index (κ1) is 24.8. The number of carbonyl (C=O) groups is 2. The lowest BCUT2D eigenvalue weighted by Crippen LogP contribution is -2.41. The third kappa shape index (κ3) is 4.64. The number of hydrogen-bond acceptors (Lipinski definition) is 5. The number of rotatable bonds is 6. The third-order valence-electron chi connectivity index (χ3n) is 7.12. The number of H-pyrrole nitrogens is 1. The van der Waals surface area contributed by atoms with Crippen molar-refractivity contribution >= 4 is 49.2 Å². The highest BCUT2D eigenvalue weighted by atomic mass is 79.9. The monoisotopic (exact) mass is 616 g/mol. The van der Waals surface area contributed by atoms with E-state index in [1.54, 1.807) is 23.8 Å². The van der Waals surface area contributed by atoms with Crippen LogP contribution in [0.5, 0.6) is 5.75 Å². The number of anilines is 1. The number of hydrogen-bond donors (Lipinski definition) is 2. The molecule has 1 aliphatic carbocycles. The summed E-state index contributed by atoms with van der Waals surface area (Å²) in [6, 6.07) is 11.0. The van der Waals surface area contributed by atoms with Gasteiger partial charge in [0.15, 0.2) is 5.78 Å². The molecule has 1 saturated carbocycles. The Labute approximate surface area is 225 Å². The molecule has 1 aliphatic heterocycles. The van der Waals surface area contributed by atoms with Gasteiger partial charge in [-0.05, 0) is 75.4 Å². The van der Waals surface area contributed by atoms with Gasteiger partial charge in [0.25, 0.3) is 0 Å². The number of carbonyl (C=O) groups excluding carboxylic acids is 2. The van der Waals surface area contributed by atoms with Crippen LogP contribution in [0.15, 0.2) is 56.3 Å². The summed E-state index contributed by atoms with van der Waals surface area (Å²) < 4.78 is 8.45. The largest absolute Gasteiger partial charge is 0.496 e. The van der Waals surface area contributed by atoms with E-state index in [2.05, 4.69) is 36.8 Å². The SMILES string of the molecule is COc1ccccc1-c1cn(C2CCN(C(=O)[C@@H]3C[C@H]3C(=O)c3cc(Br)c(N)c(Br)c3)CC2)c(=O)[nH]1. The Morgan fingerprint density at radius 2 is 1.75 bits per heavy atom. The second kappa shape index (κ2) is 9.89. The lowest BCUT2D eigenvalue weighted by atomic mass is 10.0. The number of nitrogens with zero attached hydrogens (tertiary/aromatic N) is 2. The van der Waals surface area contributed by atoms with Gasteiger partial charge in [-0.15, -0.1) is 0 Å². The number of nitrogens with one attached hydrogen (secondary N) is 1. The second-order valence-electron chi connectivity index (χ2n) is 9.30. The molecule has 2 aromatic carbocycles. The summed E-state index contributed by atoms with van der Waals surface area (Å²) in [7, 11) is 1.60. The second-order valence-corrected chi connectivity index (χ2v) is 11.0. The Morgan fingerprint density at radius 1 is 1.08 bits per heavy atom. The summed E-state index contributed by atoms with van der Waals surface area (Å²) in [5.41, 5.74) is 8.37. The first-order valence-electron chi connectivity index (χ1n) is 11.8. The van der Waals surface area contributed by atoms with Crippen LogP contribution in [0.3, 0.4) is 0 Å². The van der Waals surface area contributed by atoms with Crippen molar-refractivity contribution < 1.29 is 14.3 Å². The smallest absolute Gasteiger partial charge is 0.326 e. The zero-order valence-electron chi connectivity index (χ0n) is 19.7. The van der Waals surface area contributed by atoms with Crippen molar-refractivity contribution in [3.05, 3.63) is 67.6 Å². The number of ether oxygens (including phenoxy) is 1. The molecule has 188 valence electrons. The van der Waals surface area contributed by atoms with Gasteiger partial charge in [-0.25, -0.2) is 4.79 Å². The number of aromatic amines is 1. The molecule has 0 unspecified atom stereocenters. The first-order valence-corrected chi connectivity index (χ1v) is 13.4.